The minimum Gasteiger partial charge on any atom is -0.392 e. The van der Waals surface area contributed by atoms with E-state index >= 15 is 0 Å². The number of hydrogen-bond acceptors (Lipinski definition) is 1. The minimum absolute atomic E-state index is 0.0618. The summed E-state index contributed by atoms with van der Waals surface area (Å²) in [4.78, 5) is 0. The second-order valence-corrected chi connectivity index (χ2v) is 5.72. The first kappa shape index (κ1) is 12.6. The molecule has 0 bridgehead atoms. The predicted molar refractivity (Wildman–Crippen MR) is 64.4 cm³/mol. The number of aliphatic hydroxyl groups is 1. The molecule has 1 saturated carbocycles. The number of hydrogen-bond donors (Lipinski definition) is 1. The second-order valence-electron chi connectivity index (χ2n) is 5.72. The Morgan fingerprint density at radius 3 is 2.33 bits per heavy atom. The van der Waals surface area contributed by atoms with Gasteiger partial charge >= 0.3 is 0 Å². The van der Waals surface area contributed by atoms with Gasteiger partial charge in [0.25, 0.3) is 0 Å². The van der Waals surface area contributed by atoms with Crippen molar-refractivity contribution in [1.82, 2.24) is 0 Å². The van der Waals surface area contributed by atoms with Crippen LogP contribution in [-0.4, -0.2) is 11.2 Å². The Morgan fingerprint density at radius 2 is 1.80 bits per heavy atom. The van der Waals surface area contributed by atoms with Crippen molar-refractivity contribution >= 4 is 0 Å². The Kier molecular flexibility index (Phi) is 4.67. The summed E-state index contributed by atoms with van der Waals surface area (Å²) >= 11 is 0. The van der Waals surface area contributed by atoms with Gasteiger partial charge in [-0.2, -0.15) is 0 Å². The minimum atomic E-state index is -0.194. The molecule has 0 aromatic carbocycles. The first-order valence-electron chi connectivity index (χ1n) is 6.17. The van der Waals surface area contributed by atoms with Gasteiger partial charge in [0.1, 0.15) is 0 Å². The van der Waals surface area contributed by atoms with Crippen LogP contribution in [0.3, 0.4) is 0 Å². The van der Waals surface area contributed by atoms with Gasteiger partial charge < -0.3 is 5.11 Å². The zero-order valence-electron chi connectivity index (χ0n) is 10.3. The van der Waals surface area contributed by atoms with Gasteiger partial charge in [-0.05, 0) is 39.5 Å². The van der Waals surface area contributed by atoms with E-state index in [0.29, 0.717) is 12.3 Å². The zero-order chi connectivity index (χ0) is 11.3. The lowest BCUT2D eigenvalue weighted by Crippen LogP contribution is -2.22. The van der Waals surface area contributed by atoms with Gasteiger partial charge in [-0.1, -0.05) is 25.2 Å². The molecule has 1 N–H and O–H groups in total. The zero-order valence-corrected chi connectivity index (χ0v) is 10.3. The van der Waals surface area contributed by atoms with Crippen LogP contribution in [0.15, 0.2) is 0 Å². The van der Waals surface area contributed by atoms with Crippen LogP contribution in [0.2, 0.25) is 0 Å². The molecule has 0 aliphatic heterocycles. The van der Waals surface area contributed by atoms with Crippen LogP contribution in [0.5, 0.6) is 0 Å². The molecule has 1 nitrogen and oxygen atoms in total. The molecular formula is C14H24O. The maximum absolute atomic E-state index is 9.97. The highest BCUT2D eigenvalue weighted by Crippen LogP contribution is 2.27. The van der Waals surface area contributed by atoms with E-state index in [-0.39, 0.29) is 11.5 Å². The fourth-order valence-electron chi connectivity index (χ4n) is 2.11. The van der Waals surface area contributed by atoms with Crippen LogP contribution in [0.25, 0.3) is 0 Å². The van der Waals surface area contributed by atoms with Crippen molar-refractivity contribution in [2.45, 2.75) is 65.4 Å². The Bertz CT molecular complexity index is 232. The molecule has 0 unspecified atom stereocenters. The molecule has 1 aliphatic rings. The van der Waals surface area contributed by atoms with Crippen LogP contribution in [-0.2, 0) is 0 Å². The van der Waals surface area contributed by atoms with Gasteiger partial charge in [0.05, 0.1) is 6.10 Å². The molecule has 0 heterocycles. The Balaban J connectivity index is 2.33. The largest absolute Gasteiger partial charge is 0.392 e. The van der Waals surface area contributed by atoms with Crippen molar-refractivity contribution in [3.8, 4) is 11.8 Å². The third-order valence-electron chi connectivity index (χ3n) is 2.97. The molecule has 0 spiro atoms. The van der Waals surface area contributed by atoms with Crippen molar-refractivity contribution in [2.24, 2.45) is 11.3 Å². The average molecular weight is 208 g/mol. The van der Waals surface area contributed by atoms with E-state index in [4.69, 9.17) is 0 Å². The van der Waals surface area contributed by atoms with Crippen molar-refractivity contribution < 1.29 is 5.11 Å². The average Bonchev–Trinajstić information content (AvgIpc) is 2.17. The van der Waals surface area contributed by atoms with E-state index in [0.717, 1.165) is 0 Å². The lowest BCUT2D eigenvalue weighted by atomic mass is 9.84. The van der Waals surface area contributed by atoms with E-state index in [1.165, 1.54) is 32.1 Å². The number of aliphatic hydroxyl groups excluding tert-OH is 1. The van der Waals surface area contributed by atoms with E-state index in [2.05, 4.69) is 32.6 Å². The van der Waals surface area contributed by atoms with Gasteiger partial charge in [0, 0.05) is 11.8 Å². The van der Waals surface area contributed by atoms with Gasteiger partial charge in [-0.15, -0.1) is 5.92 Å². The maximum atomic E-state index is 9.97. The summed E-state index contributed by atoms with van der Waals surface area (Å²) in [5.74, 6) is 6.81. The summed E-state index contributed by atoms with van der Waals surface area (Å²) in [5.41, 5.74) is 0.0618. The highest BCUT2D eigenvalue weighted by atomic mass is 16.3. The topological polar surface area (TPSA) is 20.2 Å². The van der Waals surface area contributed by atoms with Crippen LogP contribution in [0.4, 0.5) is 0 Å². The number of rotatable bonds is 2. The summed E-state index contributed by atoms with van der Waals surface area (Å²) < 4.78 is 0. The summed E-state index contributed by atoms with van der Waals surface area (Å²) in [5, 5.41) is 9.97. The predicted octanol–water partition coefficient (Wildman–Crippen LogP) is 3.37. The lowest BCUT2D eigenvalue weighted by Gasteiger charge is -2.25. The highest BCUT2D eigenvalue weighted by Gasteiger charge is 2.20. The third kappa shape index (κ3) is 5.23. The first-order chi connectivity index (χ1) is 6.99. The third-order valence-corrected chi connectivity index (χ3v) is 2.97. The summed E-state index contributed by atoms with van der Waals surface area (Å²) in [6.07, 6.45) is 6.76. The molecule has 1 rings (SSSR count). The Labute approximate surface area is 94.3 Å². The van der Waals surface area contributed by atoms with Crippen LogP contribution >= 0.6 is 0 Å². The van der Waals surface area contributed by atoms with Gasteiger partial charge in [-0.3, -0.25) is 0 Å². The molecule has 1 atom stereocenters. The Hall–Kier alpha value is -0.480. The monoisotopic (exact) mass is 208 g/mol. The maximum Gasteiger partial charge on any atom is 0.0677 e. The molecule has 0 saturated heterocycles. The summed E-state index contributed by atoms with van der Waals surface area (Å²) in [6, 6.07) is 0. The van der Waals surface area contributed by atoms with E-state index in [1.54, 1.807) is 0 Å². The van der Waals surface area contributed by atoms with Crippen LogP contribution in [0, 0.1) is 23.2 Å². The van der Waals surface area contributed by atoms with Crippen molar-refractivity contribution in [3.63, 3.8) is 0 Å². The van der Waals surface area contributed by atoms with Gasteiger partial charge in [0.15, 0.2) is 0 Å². The fraction of sp³-hybridized carbons (Fsp3) is 0.857. The van der Waals surface area contributed by atoms with E-state index in [1.807, 2.05) is 0 Å². The Morgan fingerprint density at radius 1 is 1.20 bits per heavy atom. The quantitative estimate of drug-likeness (QED) is 0.690. The molecule has 0 radical (unpaired) electrons. The summed E-state index contributed by atoms with van der Waals surface area (Å²) in [6.45, 7) is 6.31. The standard InChI is InChI=1S/C14H24O/c1-14(2,3)11-7-10-13(15)12-8-5-4-6-9-12/h12-13,15H,4-6,8-10H2,1-3H3/t13-/m0/s1. The van der Waals surface area contributed by atoms with Crippen molar-refractivity contribution in [1.29, 1.82) is 0 Å². The van der Waals surface area contributed by atoms with Crippen LogP contribution in [0.1, 0.15) is 59.3 Å². The molecule has 0 aromatic rings. The smallest absolute Gasteiger partial charge is 0.0677 e. The highest BCUT2D eigenvalue weighted by molar-refractivity contribution is 5.08. The first-order valence-corrected chi connectivity index (χ1v) is 6.17. The lowest BCUT2D eigenvalue weighted by molar-refractivity contribution is 0.0891. The molecule has 15 heavy (non-hydrogen) atoms. The molecule has 1 heteroatoms. The van der Waals surface area contributed by atoms with E-state index < -0.39 is 0 Å². The van der Waals surface area contributed by atoms with Crippen LogP contribution < -0.4 is 0 Å². The molecule has 0 aromatic heterocycles. The van der Waals surface area contributed by atoms with E-state index in [9.17, 15) is 5.11 Å². The molecular weight excluding hydrogens is 184 g/mol. The molecule has 1 aliphatic carbocycles. The molecule has 1 fully saturated rings. The SMILES string of the molecule is CC(C)(C)C#CC[C@H](O)C1CCCCC1. The summed E-state index contributed by atoms with van der Waals surface area (Å²) in [7, 11) is 0. The normalized spacial score (nSPS) is 20.5. The van der Waals surface area contributed by atoms with Gasteiger partial charge in [-0.25, -0.2) is 0 Å². The fourth-order valence-corrected chi connectivity index (χ4v) is 2.11. The second kappa shape index (κ2) is 5.56. The van der Waals surface area contributed by atoms with Gasteiger partial charge in [0.2, 0.25) is 0 Å². The molecule has 0 amide bonds. The van der Waals surface area contributed by atoms with Crippen molar-refractivity contribution in [2.75, 3.05) is 0 Å². The molecule has 86 valence electrons. The van der Waals surface area contributed by atoms with Crippen molar-refractivity contribution in [3.05, 3.63) is 0 Å².